The minimum Gasteiger partial charge on any atom is -0.379 e. The van der Waals surface area contributed by atoms with Crippen molar-refractivity contribution in [1.82, 2.24) is 25.1 Å². The normalized spacial score (nSPS) is 15.2. The standard InChI is InChI=1S/C19H26F2N6O.HI/c1-22-19(25-13-17-23-6-7-27(17)18(20)21)24-12-15-4-2-3-5-16(15)14-26-8-10-28-11-9-26;/h2-7,18H,8-14H2,1H3,(H2,22,24,25);1H. The minimum absolute atomic E-state index is 0. The molecule has 0 radical (unpaired) electrons. The largest absolute Gasteiger partial charge is 0.379 e. The van der Waals surface area contributed by atoms with Crippen LogP contribution in [0.5, 0.6) is 0 Å². The summed E-state index contributed by atoms with van der Waals surface area (Å²) >= 11 is 0. The summed E-state index contributed by atoms with van der Waals surface area (Å²) in [6, 6.07) is 8.26. The molecule has 10 heteroatoms. The summed E-state index contributed by atoms with van der Waals surface area (Å²) in [5.41, 5.74) is 2.42. The van der Waals surface area contributed by atoms with Gasteiger partial charge in [-0.05, 0) is 11.1 Å². The summed E-state index contributed by atoms with van der Waals surface area (Å²) in [7, 11) is 1.65. The Morgan fingerprint density at radius 2 is 1.86 bits per heavy atom. The second kappa shape index (κ2) is 12.0. The lowest BCUT2D eigenvalue weighted by atomic mass is 10.1. The van der Waals surface area contributed by atoms with Crippen LogP contribution in [0.4, 0.5) is 8.78 Å². The summed E-state index contributed by atoms with van der Waals surface area (Å²) in [6.07, 6.45) is 2.63. The number of ether oxygens (including phenoxy) is 1. The van der Waals surface area contributed by atoms with Crippen molar-refractivity contribution in [3.63, 3.8) is 0 Å². The van der Waals surface area contributed by atoms with Gasteiger partial charge in [0.1, 0.15) is 5.82 Å². The zero-order valence-electron chi connectivity index (χ0n) is 16.4. The van der Waals surface area contributed by atoms with Gasteiger partial charge in [0, 0.05) is 45.6 Å². The molecule has 29 heavy (non-hydrogen) atoms. The number of hydrogen-bond acceptors (Lipinski definition) is 4. The van der Waals surface area contributed by atoms with Crippen molar-refractivity contribution in [2.45, 2.75) is 26.2 Å². The number of aliphatic imine (C=N–C) groups is 1. The third-order valence-electron chi connectivity index (χ3n) is 4.66. The van der Waals surface area contributed by atoms with Crippen LogP contribution in [-0.4, -0.2) is 53.8 Å². The molecule has 0 amide bonds. The van der Waals surface area contributed by atoms with Gasteiger partial charge in [-0.3, -0.25) is 14.5 Å². The smallest absolute Gasteiger partial charge is 0.319 e. The van der Waals surface area contributed by atoms with Gasteiger partial charge < -0.3 is 15.4 Å². The van der Waals surface area contributed by atoms with Crippen LogP contribution in [0.15, 0.2) is 41.7 Å². The van der Waals surface area contributed by atoms with Crippen molar-refractivity contribution >= 4 is 29.9 Å². The molecule has 2 aromatic rings. The van der Waals surface area contributed by atoms with Crippen molar-refractivity contribution in [2.75, 3.05) is 33.4 Å². The van der Waals surface area contributed by atoms with E-state index in [1.54, 1.807) is 7.05 Å². The highest BCUT2D eigenvalue weighted by atomic mass is 127. The molecule has 160 valence electrons. The fourth-order valence-electron chi connectivity index (χ4n) is 3.11. The molecular formula is C19H27F2IN6O. The Morgan fingerprint density at radius 1 is 1.17 bits per heavy atom. The Balaban J connectivity index is 0.00000300. The minimum atomic E-state index is -2.61. The van der Waals surface area contributed by atoms with E-state index in [0.717, 1.165) is 37.4 Å². The molecule has 0 saturated carbocycles. The van der Waals surface area contributed by atoms with E-state index in [0.29, 0.717) is 12.5 Å². The predicted molar refractivity (Wildman–Crippen MR) is 118 cm³/mol. The van der Waals surface area contributed by atoms with E-state index in [2.05, 4.69) is 37.6 Å². The Morgan fingerprint density at radius 3 is 2.55 bits per heavy atom. The van der Waals surface area contributed by atoms with Crippen LogP contribution in [0.25, 0.3) is 0 Å². The van der Waals surface area contributed by atoms with E-state index in [9.17, 15) is 8.78 Å². The van der Waals surface area contributed by atoms with Gasteiger partial charge in [-0.15, -0.1) is 24.0 Å². The average Bonchev–Trinajstić information content (AvgIpc) is 3.19. The highest BCUT2D eigenvalue weighted by Crippen LogP contribution is 2.13. The molecule has 3 rings (SSSR count). The molecule has 1 aliphatic heterocycles. The molecule has 7 nitrogen and oxygen atoms in total. The first-order valence-corrected chi connectivity index (χ1v) is 9.28. The third-order valence-corrected chi connectivity index (χ3v) is 4.66. The Labute approximate surface area is 186 Å². The monoisotopic (exact) mass is 520 g/mol. The molecule has 0 spiro atoms. The lowest BCUT2D eigenvalue weighted by Gasteiger charge is -2.27. The Kier molecular flexibility index (Phi) is 9.74. The molecule has 1 aromatic heterocycles. The van der Waals surface area contributed by atoms with E-state index in [-0.39, 0.29) is 36.3 Å². The molecular weight excluding hydrogens is 493 g/mol. The second-order valence-electron chi connectivity index (χ2n) is 6.46. The van der Waals surface area contributed by atoms with Gasteiger partial charge in [0.05, 0.1) is 19.8 Å². The van der Waals surface area contributed by atoms with Crippen LogP contribution in [-0.2, 0) is 24.4 Å². The second-order valence-corrected chi connectivity index (χ2v) is 6.46. The van der Waals surface area contributed by atoms with E-state index in [1.165, 1.54) is 23.5 Å². The fraction of sp³-hybridized carbons (Fsp3) is 0.474. The first-order chi connectivity index (χ1) is 13.7. The van der Waals surface area contributed by atoms with Gasteiger partial charge in [-0.25, -0.2) is 4.98 Å². The predicted octanol–water partition coefficient (Wildman–Crippen LogP) is 2.59. The topological polar surface area (TPSA) is 66.7 Å². The number of rotatable bonds is 7. The molecule has 0 aliphatic carbocycles. The van der Waals surface area contributed by atoms with Crippen LogP contribution < -0.4 is 10.6 Å². The Hall–Kier alpha value is -1.79. The molecule has 2 N–H and O–H groups in total. The summed E-state index contributed by atoms with van der Waals surface area (Å²) in [6.45, 7) is 2.41. The Bertz CT molecular complexity index is 780. The molecule has 1 fully saturated rings. The van der Waals surface area contributed by atoms with Crippen LogP contribution in [0, 0.1) is 0 Å². The van der Waals surface area contributed by atoms with E-state index >= 15 is 0 Å². The molecule has 1 aliphatic rings. The summed E-state index contributed by atoms with van der Waals surface area (Å²) in [4.78, 5) is 10.5. The van der Waals surface area contributed by atoms with E-state index < -0.39 is 6.55 Å². The fourth-order valence-corrected chi connectivity index (χ4v) is 3.11. The lowest BCUT2D eigenvalue weighted by Crippen LogP contribution is -2.38. The number of imidazole rings is 1. The van der Waals surface area contributed by atoms with Crippen molar-refractivity contribution in [2.24, 2.45) is 4.99 Å². The maximum Gasteiger partial charge on any atom is 0.319 e. The number of benzene rings is 1. The van der Waals surface area contributed by atoms with E-state index in [4.69, 9.17) is 4.74 Å². The highest BCUT2D eigenvalue weighted by molar-refractivity contribution is 14.0. The van der Waals surface area contributed by atoms with Crippen LogP contribution in [0.1, 0.15) is 23.5 Å². The maximum absolute atomic E-state index is 12.9. The zero-order valence-corrected chi connectivity index (χ0v) is 18.7. The molecule has 0 unspecified atom stereocenters. The van der Waals surface area contributed by atoms with Crippen LogP contribution in [0.2, 0.25) is 0 Å². The van der Waals surface area contributed by atoms with Gasteiger partial charge in [0.15, 0.2) is 5.96 Å². The number of halogens is 3. The molecule has 1 saturated heterocycles. The number of nitrogens with zero attached hydrogens (tertiary/aromatic N) is 4. The third kappa shape index (κ3) is 6.89. The van der Waals surface area contributed by atoms with Gasteiger partial charge in [0.25, 0.3) is 0 Å². The number of guanidine groups is 1. The quantitative estimate of drug-likeness (QED) is 0.334. The van der Waals surface area contributed by atoms with Crippen molar-refractivity contribution < 1.29 is 13.5 Å². The summed E-state index contributed by atoms with van der Waals surface area (Å²) < 4.78 is 32.1. The van der Waals surface area contributed by atoms with Gasteiger partial charge in [-0.2, -0.15) is 8.78 Å². The average molecular weight is 520 g/mol. The maximum atomic E-state index is 12.9. The van der Waals surface area contributed by atoms with E-state index in [1.807, 2.05) is 12.1 Å². The summed E-state index contributed by atoms with van der Waals surface area (Å²) in [5.74, 6) is 0.788. The number of alkyl halides is 2. The van der Waals surface area contributed by atoms with Gasteiger partial charge >= 0.3 is 6.55 Å². The van der Waals surface area contributed by atoms with Crippen LogP contribution >= 0.6 is 24.0 Å². The van der Waals surface area contributed by atoms with Gasteiger partial charge in [-0.1, -0.05) is 24.3 Å². The number of nitrogens with one attached hydrogen (secondary N) is 2. The molecule has 0 atom stereocenters. The molecule has 2 heterocycles. The SMILES string of the molecule is CN=C(NCc1ccccc1CN1CCOCC1)NCc1nccn1C(F)F.I. The summed E-state index contributed by atoms with van der Waals surface area (Å²) in [5, 5.41) is 6.28. The molecule has 1 aromatic carbocycles. The van der Waals surface area contributed by atoms with Crippen molar-refractivity contribution in [3.8, 4) is 0 Å². The number of morpholine rings is 1. The number of hydrogen-bond donors (Lipinski definition) is 2. The van der Waals surface area contributed by atoms with Crippen molar-refractivity contribution in [3.05, 3.63) is 53.6 Å². The first-order valence-electron chi connectivity index (χ1n) is 9.28. The lowest BCUT2D eigenvalue weighted by molar-refractivity contribution is 0.0341. The van der Waals surface area contributed by atoms with Crippen molar-refractivity contribution in [1.29, 1.82) is 0 Å². The molecule has 0 bridgehead atoms. The first kappa shape index (κ1) is 23.5. The van der Waals surface area contributed by atoms with Gasteiger partial charge in [0.2, 0.25) is 0 Å². The van der Waals surface area contributed by atoms with Crippen LogP contribution in [0.3, 0.4) is 0 Å². The highest BCUT2D eigenvalue weighted by Gasteiger charge is 2.14. The number of aromatic nitrogens is 2. The zero-order chi connectivity index (χ0) is 19.8.